The lowest BCUT2D eigenvalue weighted by atomic mass is 9.96. The van der Waals surface area contributed by atoms with E-state index in [0.29, 0.717) is 11.4 Å². The van der Waals surface area contributed by atoms with Gasteiger partial charge in [-0.2, -0.15) is 0 Å². The van der Waals surface area contributed by atoms with Crippen molar-refractivity contribution in [2.45, 2.75) is 19.4 Å². The van der Waals surface area contributed by atoms with Gasteiger partial charge in [-0.3, -0.25) is 14.5 Å². The summed E-state index contributed by atoms with van der Waals surface area (Å²) in [5, 5.41) is 2.78. The predicted molar refractivity (Wildman–Crippen MR) is 88.5 cm³/mol. The first-order valence-electron chi connectivity index (χ1n) is 7.52. The summed E-state index contributed by atoms with van der Waals surface area (Å²) in [6, 6.07) is 12.9. The Morgan fingerprint density at radius 3 is 2.58 bits per heavy atom. The average molecular weight is 328 g/mol. The lowest BCUT2D eigenvalue weighted by molar-refractivity contribution is -0.127. The molecular weight excluding hydrogens is 311 g/mol. The summed E-state index contributed by atoms with van der Waals surface area (Å²) >= 11 is 0. The van der Waals surface area contributed by atoms with E-state index < -0.39 is 17.3 Å². The van der Waals surface area contributed by atoms with E-state index in [1.54, 1.807) is 50.2 Å². The number of carbonyl (C=O) groups excluding carboxylic acids is 2. The number of ether oxygens (including phenoxy) is 1. The Balaban J connectivity index is 1.87. The molecule has 0 aromatic heterocycles. The van der Waals surface area contributed by atoms with Crippen molar-refractivity contribution in [3.63, 3.8) is 0 Å². The largest absolute Gasteiger partial charge is 0.481 e. The number of nitrogens with one attached hydrogen (secondary N) is 1. The summed E-state index contributed by atoms with van der Waals surface area (Å²) in [6.07, 6.45) is 0. The Labute approximate surface area is 139 Å². The molecule has 1 heterocycles. The Hall–Kier alpha value is -2.89. The van der Waals surface area contributed by atoms with Gasteiger partial charge in [-0.25, -0.2) is 4.39 Å². The summed E-state index contributed by atoms with van der Waals surface area (Å²) in [4.78, 5) is 26.4. The zero-order chi connectivity index (χ0) is 17.3. The van der Waals surface area contributed by atoms with Crippen molar-refractivity contribution in [1.82, 2.24) is 0 Å². The highest BCUT2D eigenvalue weighted by Gasteiger charge is 2.43. The van der Waals surface area contributed by atoms with Crippen LogP contribution in [0.5, 0.6) is 5.75 Å². The molecule has 1 N–H and O–H groups in total. The maximum absolute atomic E-state index is 13.6. The summed E-state index contributed by atoms with van der Waals surface area (Å²) in [5.74, 6) is -1.26. The molecule has 6 heteroatoms. The van der Waals surface area contributed by atoms with Crippen LogP contribution in [-0.2, 0) is 9.59 Å². The third kappa shape index (κ3) is 2.71. The van der Waals surface area contributed by atoms with Crippen LogP contribution in [0.25, 0.3) is 0 Å². The van der Waals surface area contributed by atoms with E-state index in [9.17, 15) is 14.0 Å². The van der Waals surface area contributed by atoms with Gasteiger partial charge in [0.05, 0.1) is 11.4 Å². The van der Waals surface area contributed by atoms with Crippen molar-refractivity contribution in [1.29, 1.82) is 0 Å². The summed E-state index contributed by atoms with van der Waals surface area (Å²) in [7, 11) is 0. The Morgan fingerprint density at radius 1 is 1.17 bits per heavy atom. The summed E-state index contributed by atoms with van der Waals surface area (Å²) in [6.45, 7) is 2.94. The van der Waals surface area contributed by atoms with E-state index >= 15 is 0 Å². The molecule has 3 rings (SSSR count). The fourth-order valence-electron chi connectivity index (χ4n) is 2.66. The third-order valence-corrected chi connectivity index (χ3v) is 3.95. The molecule has 0 bridgehead atoms. The number of hydrogen-bond donors (Lipinski definition) is 1. The SMILES string of the molecule is CC1(C)C(=O)Nc2ccccc2N1C(=O)COc1ccccc1F. The molecule has 0 radical (unpaired) electrons. The van der Waals surface area contributed by atoms with Gasteiger partial charge in [0.1, 0.15) is 5.54 Å². The molecule has 24 heavy (non-hydrogen) atoms. The van der Waals surface area contributed by atoms with Crippen LogP contribution in [0.3, 0.4) is 0 Å². The summed E-state index contributed by atoms with van der Waals surface area (Å²) in [5.41, 5.74) is 0.0645. The molecule has 0 atom stereocenters. The van der Waals surface area contributed by atoms with Gasteiger partial charge in [0.2, 0.25) is 5.91 Å². The monoisotopic (exact) mass is 328 g/mol. The molecule has 124 valence electrons. The van der Waals surface area contributed by atoms with Crippen molar-refractivity contribution >= 4 is 23.2 Å². The van der Waals surface area contributed by atoms with Gasteiger partial charge in [0.25, 0.3) is 5.91 Å². The van der Waals surface area contributed by atoms with Crippen molar-refractivity contribution in [2.24, 2.45) is 0 Å². The molecule has 0 unspecified atom stereocenters. The molecule has 0 fully saturated rings. The lowest BCUT2D eigenvalue weighted by Crippen LogP contribution is -2.59. The minimum Gasteiger partial charge on any atom is -0.481 e. The van der Waals surface area contributed by atoms with Crippen molar-refractivity contribution in [3.8, 4) is 5.75 Å². The molecular formula is C18H17FN2O3. The first-order valence-corrected chi connectivity index (χ1v) is 7.52. The Bertz CT molecular complexity index is 804. The van der Waals surface area contributed by atoms with Crippen LogP contribution in [0.15, 0.2) is 48.5 Å². The molecule has 0 aliphatic carbocycles. The van der Waals surface area contributed by atoms with E-state index in [4.69, 9.17) is 4.74 Å². The van der Waals surface area contributed by atoms with Crippen molar-refractivity contribution in [2.75, 3.05) is 16.8 Å². The first-order chi connectivity index (χ1) is 11.4. The van der Waals surface area contributed by atoms with Crippen molar-refractivity contribution in [3.05, 3.63) is 54.3 Å². The minimum absolute atomic E-state index is 0.00148. The van der Waals surface area contributed by atoms with Gasteiger partial charge in [0.15, 0.2) is 18.2 Å². The quantitative estimate of drug-likeness (QED) is 0.942. The molecule has 0 saturated carbocycles. The Kier molecular flexibility index (Phi) is 3.97. The van der Waals surface area contributed by atoms with E-state index in [-0.39, 0.29) is 18.3 Å². The predicted octanol–water partition coefficient (Wildman–Crippen LogP) is 2.97. The number of carbonyl (C=O) groups is 2. The maximum atomic E-state index is 13.6. The van der Waals surface area contributed by atoms with Crippen LogP contribution in [0.2, 0.25) is 0 Å². The molecule has 5 nitrogen and oxygen atoms in total. The maximum Gasteiger partial charge on any atom is 0.265 e. The topological polar surface area (TPSA) is 58.6 Å². The van der Waals surface area contributed by atoms with Crippen LogP contribution in [0, 0.1) is 5.82 Å². The number of hydrogen-bond acceptors (Lipinski definition) is 3. The number of amides is 2. The number of anilines is 2. The molecule has 0 spiro atoms. The second kappa shape index (κ2) is 5.96. The fraction of sp³-hybridized carbons (Fsp3) is 0.222. The highest BCUT2D eigenvalue weighted by Crippen LogP contribution is 2.36. The van der Waals surface area contributed by atoms with Crippen molar-refractivity contribution < 1.29 is 18.7 Å². The molecule has 0 saturated heterocycles. The smallest absolute Gasteiger partial charge is 0.265 e. The summed E-state index contributed by atoms with van der Waals surface area (Å²) < 4.78 is 18.9. The van der Waals surface area contributed by atoms with Gasteiger partial charge in [-0.05, 0) is 38.1 Å². The van der Waals surface area contributed by atoms with E-state index in [2.05, 4.69) is 5.32 Å². The second-order valence-electron chi connectivity index (χ2n) is 5.98. The van der Waals surface area contributed by atoms with Gasteiger partial charge in [-0.15, -0.1) is 0 Å². The van der Waals surface area contributed by atoms with Crippen LogP contribution >= 0.6 is 0 Å². The lowest BCUT2D eigenvalue weighted by Gasteiger charge is -2.41. The van der Waals surface area contributed by atoms with E-state index in [0.717, 1.165) is 0 Å². The number of nitrogens with zero attached hydrogens (tertiary/aromatic N) is 1. The number of halogens is 1. The van der Waals surface area contributed by atoms with Crippen LogP contribution < -0.4 is 15.0 Å². The molecule has 1 aliphatic rings. The highest BCUT2D eigenvalue weighted by atomic mass is 19.1. The normalized spacial score (nSPS) is 15.5. The number of benzene rings is 2. The number of para-hydroxylation sites is 3. The number of fused-ring (bicyclic) bond motifs is 1. The Morgan fingerprint density at radius 2 is 1.83 bits per heavy atom. The zero-order valence-corrected chi connectivity index (χ0v) is 13.4. The zero-order valence-electron chi connectivity index (χ0n) is 13.4. The van der Waals surface area contributed by atoms with Gasteiger partial charge < -0.3 is 10.1 Å². The fourth-order valence-corrected chi connectivity index (χ4v) is 2.66. The molecule has 1 aliphatic heterocycles. The standard InChI is InChI=1S/C18H17FN2O3/c1-18(2)17(23)20-13-8-4-5-9-14(13)21(18)16(22)11-24-15-10-6-3-7-12(15)19/h3-10H,11H2,1-2H3,(H,20,23). The highest BCUT2D eigenvalue weighted by molar-refractivity contribution is 6.14. The van der Waals surface area contributed by atoms with Gasteiger partial charge in [0, 0.05) is 0 Å². The van der Waals surface area contributed by atoms with Crippen LogP contribution in [0.4, 0.5) is 15.8 Å². The average Bonchev–Trinajstić information content (AvgIpc) is 2.55. The number of rotatable bonds is 3. The van der Waals surface area contributed by atoms with E-state index in [1.807, 2.05) is 0 Å². The first kappa shape index (κ1) is 16.0. The molecule has 2 amide bonds. The van der Waals surface area contributed by atoms with Crippen LogP contribution in [-0.4, -0.2) is 24.0 Å². The van der Waals surface area contributed by atoms with Gasteiger partial charge in [-0.1, -0.05) is 24.3 Å². The van der Waals surface area contributed by atoms with E-state index in [1.165, 1.54) is 17.0 Å². The van der Waals surface area contributed by atoms with Crippen LogP contribution in [0.1, 0.15) is 13.8 Å². The van der Waals surface area contributed by atoms with Gasteiger partial charge >= 0.3 is 0 Å². The second-order valence-corrected chi connectivity index (χ2v) is 5.98. The molecule has 2 aromatic carbocycles. The third-order valence-electron chi connectivity index (χ3n) is 3.95. The molecule has 2 aromatic rings. The minimum atomic E-state index is -1.08.